The third kappa shape index (κ3) is 13.9. The summed E-state index contributed by atoms with van der Waals surface area (Å²) in [5, 5.41) is 39.7. The molecule has 80 heavy (non-hydrogen) atoms. The van der Waals surface area contributed by atoms with Crippen molar-refractivity contribution in [1.29, 1.82) is 10.5 Å². The van der Waals surface area contributed by atoms with Crippen molar-refractivity contribution in [3.8, 4) is 46.0 Å². The molecular formula is C38H14Cl4F18N10Na2O6S2. The second-order valence-corrected chi connectivity index (χ2v) is 18.6. The van der Waals surface area contributed by atoms with Crippen molar-refractivity contribution < 1.29 is 101 Å². The topological polar surface area (TPSA) is 246 Å². The molecule has 42 heteroatoms. The Kier molecular flexibility index (Phi) is 22.1. The fourth-order valence-corrected chi connectivity index (χ4v) is 7.49. The van der Waals surface area contributed by atoms with Crippen molar-refractivity contribution in [3.63, 3.8) is 0 Å². The normalized spacial score (nSPS) is 13.6. The molecule has 0 spiro atoms. The van der Waals surface area contributed by atoms with Crippen molar-refractivity contribution in [1.82, 2.24) is 30.0 Å². The molecule has 16 nitrogen and oxygen atoms in total. The van der Waals surface area contributed by atoms with E-state index in [0.717, 1.165) is 29.2 Å². The quantitative estimate of drug-likeness (QED) is 0.0466. The number of benzene rings is 4. The van der Waals surface area contributed by atoms with Gasteiger partial charge in [0.2, 0.25) is 0 Å². The zero-order valence-electron chi connectivity index (χ0n) is 38.1. The first-order valence-corrected chi connectivity index (χ1v) is 32.1. The summed E-state index contributed by atoms with van der Waals surface area (Å²) >= 11 is 26.1. The molecule has 0 amide bonds. The number of halogens is 22. The van der Waals surface area contributed by atoms with Crippen LogP contribution in [0.2, 0.25) is 20.1 Å². The maximum absolute atomic E-state index is 14.8. The van der Waals surface area contributed by atoms with E-state index in [1.54, 1.807) is 6.07 Å². The second-order valence-electron chi connectivity index (χ2n) is 14.6. The summed E-state index contributed by atoms with van der Waals surface area (Å²) in [6, 6.07) is 10.5. The Morgan fingerprint density at radius 3 is 1.11 bits per heavy atom. The molecule has 2 heterocycles. The Morgan fingerprint density at radius 2 is 0.850 bits per heavy atom. The van der Waals surface area contributed by atoms with E-state index in [1.807, 2.05) is 6.07 Å². The van der Waals surface area contributed by atoms with Crippen molar-refractivity contribution in [3.05, 3.63) is 126 Å². The number of rotatable bonds is 9. The molecule has 0 bridgehead atoms. The molecule has 2 atom stereocenters. The molecule has 2 N–H and O–H groups in total. The van der Waals surface area contributed by atoms with Crippen LogP contribution in [-0.2, 0) is 29.9 Å². The number of nitriles is 2. The summed E-state index contributed by atoms with van der Waals surface area (Å²) in [5.41, 5.74) is -12.6. The number of nitrogen functional groups attached to an aromatic ring is 1. The van der Waals surface area contributed by atoms with Crippen LogP contribution in [-0.4, -0.2) is 132 Å². The number of nitro groups is 1. The molecule has 0 aliphatic rings. The monoisotopic (exact) mass is 1300 g/mol. The number of aromatic nitrogens is 6. The van der Waals surface area contributed by atoms with Crippen LogP contribution in [0.15, 0.2) is 73.1 Å². The minimum absolute atomic E-state index is 0.0190. The summed E-state index contributed by atoms with van der Waals surface area (Å²) in [6.45, 7) is 0. The van der Waals surface area contributed by atoms with Gasteiger partial charge in [-0.25, -0.2) is 18.1 Å². The molecule has 0 radical (unpaired) electrons. The van der Waals surface area contributed by atoms with Gasteiger partial charge in [-0.05, 0) is 42.5 Å². The number of anilines is 1. The van der Waals surface area contributed by atoms with Gasteiger partial charge in [-0.15, -0.1) is 10.2 Å². The van der Waals surface area contributed by atoms with E-state index in [9.17, 15) is 89.1 Å². The Labute approximate surface area is 482 Å². The average Bonchev–Trinajstić information content (AvgIpc) is 4.03. The number of hydrogen-bond donors (Lipinski definition) is 1. The number of alkyl halides is 18. The van der Waals surface area contributed by atoms with Crippen LogP contribution in [0.4, 0.5) is 90.4 Å². The predicted octanol–water partition coefficient (Wildman–Crippen LogP) is 11.5. The molecule has 0 fully saturated rings. The van der Waals surface area contributed by atoms with E-state index >= 15 is 0 Å². The van der Waals surface area contributed by atoms with E-state index in [0.29, 0.717) is 10.2 Å². The van der Waals surface area contributed by atoms with Gasteiger partial charge < -0.3 is 5.73 Å². The second kappa shape index (κ2) is 25.6. The van der Waals surface area contributed by atoms with E-state index < -0.39 is 120 Å². The van der Waals surface area contributed by atoms with Gasteiger partial charge in [0.1, 0.15) is 40.5 Å². The van der Waals surface area contributed by atoms with Gasteiger partial charge in [0.05, 0.1) is 48.7 Å². The predicted molar refractivity (Wildman–Crippen MR) is 243 cm³/mol. The van der Waals surface area contributed by atoms with E-state index in [-0.39, 0.29) is 58.0 Å². The first-order valence-electron chi connectivity index (χ1n) is 19.9. The zero-order chi connectivity index (χ0) is 61.9. The van der Waals surface area contributed by atoms with E-state index in [4.69, 9.17) is 79.5 Å². The van der Waals surface area contributed by atoms with Gasteiger partial charge in [0, 0.05) is 28.3 Å². The van der Waals surface area contributed by atoms with E-state index in [2.05, 4.69) is 20.6 Å². The number of nitro benzene ring substituents is 1. The van der Waals surface area contributed by atoms with Crippen LogP contribution in [0.5, 0.6) is 0 Å². The number of nitrogens with two attached hydrogens (primary N) is 1. The number of nitrogens with zero attached hydrogens (tertiary/aromatic N) is 9. The fraction of sp³-hybridized carbons (Fsp3) is 0.211. The fourth-order valence-electron chi connectivity index (χ4n) is 6.17. The maximum atomic E-state index is 14.8. The van der Waals surface area contributed by atoms with Crippen molar-refractivity contribution in [2.24, 2.45) is 0 Å². The van der Waals surface area contributed by atoms with Gasteiger partial charge in [0.15, 0.2) is 0 Å². The van der Waals surface area contributed by atoms with Gasteiger partial charge >= 0.3 is 110 Å². The SMILES string of the molecule is N#Cc1ccc(-c2cn(-c3c(Cl)cc(C(F)(C(F)(F)F)C(F)(F)C(F)(F)F)cc3Cl)nn2)cc1N.N#Cc1ccc(-c2cn(-c3c(Cl)cc(C(F)(C(F)(F)F)C(F)(F)C(F)(F)F)cc3Cl)nn2)cc1[N+](=O)[O-].O=S(=O)=S(=O)=O.[Na][Na]. The zero-order valence-corrected chi connectivity index (χ0v) is 46.8. The van der Waals surface area contributed by atoms with Gasteiger partial charge in [-0.1, -0.05) is 69.0 Å². The number of hydrogen-bond acceptors (Lipinski definition) is 13. The average molecular weight is 1300 g/mol. The van der Waals surface area contributed by atoms with Crippen molar-refractivity contribution >= 4 is 120 Å². The third-order valence-corrected chi connectivity index (χ3v) is 11.9. The third-order valence-electron chi connectivity index (χ3n) is 9.82. The van der Waals surface area contributed by atoms with Crippen LogP contribution in [0.3, 0.4) is 0 Å². The molecule has 0 saturated carbocycles. The summed E-state index contributed by atoms with van der Waals surface area (Å²) in [7, 11) is -5.90. The standard InChI is InChI=1S/C19H6Cl2F9N5O2.C19H8Cl2F9N5.2Na.O4S2/c20-11-4-10(16(22,18(25,26)27)17(23,24)19(28,29)30)5-12(21)15(11)34-7-13(32-33-34)8-1-2-9(6-31)14(3-8)35(36)37;20-11-4-10(16(22,18(25,26)27)17(23,24)19(28,29)30)5-12(21)15(11)35-7-14(33-34-35)8-1-2-9(6-31)13(32)3-8;;;1-5(2)6(3)4/h1-5,7H;1-5,7H,32H2;;;. The van der Waals surface area contributed by atoms with Crippen LogP contribution in [0.25, 0.3) is 33.9 Å². The molecule has 4 aromatic carbocycles. The summed E-state index contributed by atoms with van der Waals surface area (Å²) < 4.78 is 279. The first-order chi connectivity index (χ1) is 36.5. The molecule has 0 aliphatic carbocycles. The Morgan fingerprint density at radius 1 is 0.537 bits per heavy atom. The van der Waals surface area contributed by atoms with Crippen LogP contribution in [0, 0.1) is 32.8 Å². The van der Waals surface area contributed by atoms with Gasteiger partial charge in [0.25, 0.3) is 5.69 Å². The first kappa shape index (κ1) is 69.2. The van der Waals surface area contributed by atoms with Crippen LogP contribution >= 0.6 is 46.4 Å². The molecule has 0 saturated heterocycles. The summed E-state index contributed by atoms with van der Waals surface area (Å²) in [5.74, 6) is -13.8. The molecule has 6 rings (SSSR count). The van der Waals surface area contributed by atoms with Gasteiger partial charge in [-0.3, -0.25) is 10.1 Å². The molecule has 2 aromatic heterocycles. The Bertz CT molecular complexity index is 3620. The summed E-state index contributed by atoms with van der Waals surface area (Å²) in [6.07, 6.45) is -25.2. The van der Waals surface area contributed by atoms with Gasteiger partial charge in [-0.2, -0.15) is 97.6 Å². The molecular weight excluding hydrogens is 1290 g/mol. The molecule has 6 aromatic rings. The molecule has 2 unspecified atom stereocenters. The Balaban J connectivity index is 0.000000371. The minimum atomic E-state index is -6.95. The van der Waals surface area contributed by atoms with Crippen molar-refractivity contribution in [2.75, 3.05) is 5.73 Å². The van der Waals surface area contributed by atoms with Crippen molar-refractivity contribution in [2.45, 2.75) is 47.9 Å². The molecule has 0 aliphatic heterocycles. The van der Waals surface area contributed by atoms with Crippen LogP contribution in [0.1, 0.15) is 22.3 Å². The Hall–Kier alpha value is -5.12. The molecule has 420 valence electrons. The van der Waals surface area contributed by atoms with Crippen LogP contribution < -0.4 is 5.73 Å². The van der Waals surface area contributed by atoms with E-state index in [1.165, 1.54) is 67.9 Å². The summed E-state index contributed by atoms with van der Waals surface area (Å²) in [4.78, 5) is 10.3.